The molecule has 4 N–H and O–H groups in total. The van der Waals surface area contributed by atoms with Gasteiger partial charge in [-0.15, -0.1) is 0 Å². The number of hydrogen-bond acceptors (Lipinski definition) is 7. The number of aromatic nitrogens is 5. The van der Waals surface area contributed by atoms with Crippen LogP contribution in [0.3, 0.4) is 0 Å². The summed E-state index contributed by atoms with van der Waals surface area (Å²) in [6, 6.07) is 22.3. The van der Waals surface area contributed by atoms with E-state index in [9.17, 15) is 19.8 Å². The van der Waals surface area contributed by atoms with Crippen LogP contribution in [0.2, 0.25) is 0 Å². The molecule has 37 heavy (non-hydrogen) atoms. The summed E-state index contributed by atoms with van der Waals surface area (Å²) in [6.45, 7) is 0. The van der Waals surface area contributed by atoms with E-state index in [0.717, 1.165) is 0 Å². The molecule has 0 spiro atoms. The number of benzene rings is 2. The van der Waals surface area contributed by atoms with Crippen LogP contribution in [0.4, 0.5) is 0 Å². The van der Waals surface area contributed by atoms with Crippen LogP contribution in [0.1, 0.15) is 22.7 Å². The summed E-state index contributed by atoms with van der Waals surface area (Å²) in [5, 5.41) is 22.9. The van der Waals surface area contributed by atoms with Crippen LogP contribution in [-0.4, -0.2) is 34.3 Å². The lowest BCUT2D eigenvalue weighted by Gasteiger charge is -2.22. The Balaban J connectivity index is 1.89. The summed E-state index contributed by atoms with van der Waals surface area (Å²) in [5.41, 5.74) is -0.725. The molecule has 0 saturated heterocycles. The van der Waals surface area contributed by atoms with Crippen LogP contribution >= 0.6 is 24.4 Å². The van der Waals surface area contributed by atoms with Crippen LogP contribution in [-0.2, 0) is 0 Å². The fourth-order valence-corrected chi connectivity index (χ4v) is 4.79. The van der Waals surface area contributed by atoms with Gasteiger partial charge in [-0.1, -0.05) is 42.5 Å². The van der Waals surface area contributed by atoms with Gasteiger partial charge < -0.3 is 10.2 Å². The third-order valence-electron chi connectivity index (χ3n) is 5.83. The third kappa shape index (κ3) is 4.30. The van der Waals surface area contributed by atoms with E-state index >= 15 is 0 Å². The average Bonchev–Trinajstić information content (AvgIpc) is 2.89. The first-order valence-corrected chi connectivity index (χ1v) is 11.9. The highest BCUT2D eigenvalue weighted by Gasteiger charge is 2.33. The zero-order valence-electron chi connectivity index (χ0n) is 19.0. The number of pyridine rings is 1. The number of rotatable bonds is 5. The molecule has 0 aliphatic carbocycles. The van der Waals surface area contributed by atoms with Crippen molar-refractivity contribution in [3.63, 3.8) is 0 Å². The lowest BCUT2D eigenvalue weighted by atomic mass is 9.90. The van der Waals surface area contributed by atoms with Crippen molar-refractivity contribution in [1.82, 2.24) is 24.1 Å². The second kappa shape index (κ2) is 9.80. The van der Waals surface area contributed by atoms with Crippen molar-refractivity contribution in [3.05, 3.63) is 132 Å². The highest BCUT2D eigenvalue weighted by molar-refractivity contribution is 7.71. The van der Waals surface area contributed by atoms with Crippen molar-refractivity contribution in [2.75, 3.05) is 0 Å². The largest absolute Gasteiger partial charge is 0.494 e. The quantitative estimate of drug-likeness (QED) is 0.252. The molecule has 2 aromatic carbocycles. The van der Waals surface area contributed by atoms with E-state index in [1.54, 1.807) is 78.9 Å². The maximum atomic E-state index is 13.3. The van der Waals surface area contributed by atoms with E-state index in [4.69, 9.17) is 24.4 Å². The van der Waals surface area contributed by atoms with Crippen molar-refractivity contribution >= 4 is 24.4 Å². The minimum atomic E-state index is -1.29. The first-order chi connectivity index (χ1) is 17.9. The Labute approximate surface area is 219 Å². The lowest BCUT2D eigenvalue weighted by Crippen LogP contribution is -2.28. The Kier molecular flexibility index (Phi) is 6.38. The van der Waals surface area contributed by atoms with Crippen LogP contribution in [0.5, 0.6) is 11.8 Å². The minimum absolute atomic E-state index is 0.0457. The molecule has 11 heteroatoms. The van der Waals surface area contributed by atoms with Crippen molar-refractivity contribution in [1.29, 1.82) is 0 Å². The maximum absolute atomic E-state index is 13.3. The van der Waals surface area contributed by atoms with Gasteiger partial charge in [-0.2, -0.15) is 0 Å². The highest BCUT2D eigenvalue weighted by atomic mass is 32.1. The van der Waals surface area contributed by atoms with Gasteiger partial charge in [0, 0.05) is 6.20 Å². The van der Waals surface area contributed by atoms with E-state index in [-0.39, 0.29) is 26.4 Å². The summed E-state index contributed by atoms with van der Waals surface area (Å²) in [4.78, 5) is 36.2. The van der Waals surface area contributed by atoms with Crippen molar-refractivity contribution in [2.24, 2.45) is 0 Å². The van der Waals surface area contributed by atoms with Crippen LogP contribution in [0.25, 0.3) is 11.4 Å². The Morgan fingerprint density at radius 2 is 1.11 bits per heavy atom. The average molecular weight is 530 g/mol. The Hall–Kier alpha value is -4.61. The summed E-state index contributed by atoms with van der Waals surface area (Å²) in [6.07, 6.45) is 1.48. The van der Waals surface area contributed by atoms with Gasteiger partial charge in [0.2, 0.25) is 11.8 Å². The molecule has 0 bridgehead atoms. The predicted octanol–water partition coefficient (Wildman–Crippen LogP) is 4.09. The molecule has 0 saturated carbocycles. The molecule has 184 valence electrons. The molecule has 0 amide bonds. The summed E-state index contributed by atoms with van der Waals surface area (Å²) in [5.74, 6) is -2.28. The van der Waals surface area contributed by atoms with Gasteiger partial charge in [-0.05, 0) is 60.8 Å². The molecule has 5 aromatic rings. The molecule has 0 unspecified atom stereocenters. The second-order valence-corrected chi connectivity index (χ2v) is 8.80. The molecular weight excluding hydrogens is 510 g/mol. The van der Waals surface area contributed by atoms with E-state index in [1.807, 2.05) is 0 Å². The number of nitrogens with one attached hydrogen (secondary N) is 2. The van der Waals surface area contributed by atoms with Crippen LogP contribution in [0, 0.1) is 9.54 Å². The SMILES string of the molecule is O=c1[nH]c(=S)n(-c2ccccc2)c(O)c1C(c1ccccn1)c1c(O)n(-c2ccccc2)c(=S)[nH]c1=O. The van der Waals surface area contributed by atoms with Crippen LogP contribution < -0.4 is 11.1 Å². The molecule has 3 aromatic heterocycles. The molecular formula is C26H19N5O4S2. The number of aromatic amines is 2. The monoisotopic (exact) mass is 529 g/mol. The topological polar surface area (TPSA) is 129 Å². The Morgan fingerprint density at radius 1 is 0.676 bits per heavy atom. The minimum Gasteiger partial charge on any atom is -0.494 e. The van der Waals surface area contributed by atoms with E-state index in [0.29, 0.717) is 11.4 Å². The van der Waals surface area contributed by atoms with Gasteiger partial charge in [0.15, 0.2) is 9.54 Å². The molecule has 0 atom stereocenters. The number of para-hydroxylation sites is 2. The smallest absolute Gasteiger partial charge is 0.259 e. The normalized spacial score (nSPS) is 11.1. The standard InChI is InChI=1S/C26H19N5O4S2/c32-21-19(23(34)30(25(36)28-21)15-9-3-1-4-10-15)18(17-13-7-8-14-27-17)20-22(33)29-26(37)31(24(20)35)16-11-5-2-6-12-16/h1-14,18,34-35H,(H,28,32,36)(H,29,33,37). The lowest BCUT2D eigenvalue weighted by molar-refractivity contribution is 0.413. The molecule has 9 nitrogen and oxygen atoms in total. The summed E-state index contributed by atoms with van der Waals surface area (Å²) >= 11 is 10.7. The molecule has 5 rings (SSSR count). The summed E-state index contributed by atoms with van der Waals surface area (Å²) in [7, 11) is 0. The van der Waals surface area contributed by atoms with E-state index < -0.39 is 28.8 Å². The van der Waals surface area contributed by atoms with Crippen molar-refractivity contribution in [3.8, 4) is 23.1 Å². The van der Waals surface area contributed by atoms with Crippen LogP contribution in [0.15, 0.2) is 94.6 Å². The predicted molar refractivity (Wildman–Crippen MR) is 143 cm³/mol. The molecule has 0 radical (unpaired) electrons. The highest BCUT2D eigenvalue weighted by Crippen LogP contribution is 2.37. The first kappa shape index (κ1) is 24.1. The van der Waals surface area contributed by atoms with E-state index in [1.165, 1.54) is 15.3 Å². The molecule has 0 aliphatic heterocycles. The summed E-state index contributed by atoms with van der Waals surface area (Å²) < 4.78 is 2.46. The molecule has 3 heterocycles. The van der Waals surface area contributed by atoms with Gasteiger partial charge in [-0.25, -0.2) is 0 Å². The van der Waals surface area contributed by atoms with Gasteiger partial charge >= 0.3 is 0 Å². The number of hydrogen-bond donors (Lipinski definition) is 4. The fourth-order valence-electron chi connectivity index (χ4n) is 4.22. The van der Waals surface area contributed by atoms with Crippen molar-refractivity contribution in [2.45, 2.75) is 5.92 Å². The Bertz CT molecular complexity index is 1710. The number of H-pyrrole nitrogens is 2. The van der Waals surface area contributed by atoms with Gasteiger partial charge in [-0.3, -0.25) is 33.7 Å². The second-order valence-electron chi connectivity index (χ2n) is 8.02. The van der Waals surface area contributed by atoms with Gasteiger partial charge in [0.05, 0.1) is 34.1 Å². The number of aromatic hydroxyl groups is 2. The first-order valence-electron chi connectivity index (χ1n) is 11.1. The molecule has 0 aliphatic rings. The van der Waals surface area contributed by atoms with Gasteiger partial charge in [0.1, 0.15) is 0 Å². The van der Waals surface area contributed by atoms with Gasteiger partial charge in [0.25, 0.3) is 11.1 Å². The fraction of sp³-hybridized carbons (Fsp3) is 0.0385. The zero-order valence-corrected chi connectivity index (χ0v) is 20.7. The zero-order chi connectivity index (χ0) is 26.1. The maximum Gasteiger partial charge on any atom is 0.259 e. The molecule has 0 fully saturated rings. The Morgan fingerprint density at radius 3 is 1.51 bits per heavy atom. The van der Waals surface area contributed by atoms with Crippen molar-refractivity contribution < 1.29 is 10.2 Å². The number of nitrogens with zero attached hydrogens (tertiary/aromatic N) is 3. The third-order valence-corrected chi connectivity index (χ3v) is 6.40. The van der Waals surface area contributed by atoms with E-state index in [2.05, 4.69) is 15.0 Å².